The van der Waals surface area contributed by atoms with Crippen molar-refractivity contribution in [3.63, 3.8) is 0 Å². The fourth-order valence-corrected chi connectivity index (χ4v) is 3.08. The maximum absolute atomic E-state index is 13.8. The van der Waals surface area contributed by atoms with E-state index in [1.54, 1.807) is 19.3 Å². The molecular weight excluding hydrogens is 438 g/mol. The third kappa shape index (κ3) is 5.82. The fraction of sp³-hybridized carbons (Fsp3) is 0.167. The molecule has 0 radical (unpaired) electrons. The lowest BCUT2D eigenvalue weighted by atomic mass is 10.1. The molecule has 1 heterocycles. The number of halogens is 3. The second-order valence-corrected chi connectivity index (χ2v) is 7.52. The highest BCUT2D eigenvalue weighted by molar-refractivity contribution is 6.31. The van der Waals surface area contributed by atoms with Gasteiger partial charge in [0.25, 0.3) is 5.56 Å². The van der Waals surface area contributed by atoms with Gasteiger partial charge < -0.3 is 14.2 Å². The molecule has 3 aromatic rings. The molecule has 0 saturated heterocycles. The Bertz CT molecular complexity index is 1220. The Kier molecular flexibility index (Phi) is 7.43. The van der Waals surface area contributed by atoms with Gasteiger partial charge in [-0.05, 0) is 41.5 Å². The molecule has 0 N–H and O–H groups in total. The largest absolute Gasteiger partial charge is 0.487 e. The summed E-state index contributed by atoms with van der Waals surface area (Å²) in [6, 6.07) is 12.2. The lowest BCUT2D eigenvalue weighted by Crippen LogP contribution is -2.21. The molecule has 0 spiro atoms. The first-order valence-electron chi connectivity index (χ1n) is 9.71. The summed E-state index contributed by atoms with van der Waals surface area (Å²) in [7, 11) is 1.67. The topological polar surface area (TPSA) is 51.5 Å². The number of benzene rings is 2. The lowest BCUT2D eigenvalue weighted by molar-refractivity contribution is -0.125. The number of pyridine rings is 1. The van der Waals surface area contributed by atoms with Crippen molar-refractivity contribution in [2.24, 2.45) is 0 Å². The summed E-state index contributed by atoms with van der Waals surface area (Å²) in [5, 5.41) is -0.130. The van der Waals surface area contributed by atoms with E-state index in [0.29, 0.717) is 0 Å². The van der Waals surface area contributed by atoms with Gasteiger partial charge in [0, 0.05) is 38.0 Å². The van der Waals surface area contributed by atoms with Crippen molar-refractivity contribution in [1.82, 2.24) is 9.47 Å². The zero-order chi connectivity index (χ0) is 23.3. The van der Waals surface area contributed by atoms with Crippen LogP contribution in [0.1, 0.15) is 23.6 Å². The molecule has 0 atom stereocenters. The number of ether oxygens (including phenoxy) is 1. The number of carbonyl (C=O) groups is 1. The quantitative estimate of drug-likeness (QED) is 0.508. The van der Waals surface area contributed by atoms with Gasteiger partial charge in [-0.2, -0.15) is 0 Å². The molecule has 3 rings (SSSR count). The normalized spacial score (nSPS) is 11.0. The molecule has 0 aliphatic rings. The van der Waals surface area contributed by atoms with Gasteiger partial charge >= 0.3 is 0 Å². The number of hydrogen-bond acceptors (Lipinski definition) is 3. The second-order valence-electron chi connectivity index (χ2n) is 7.14. The van der Waals surface area contributed by atoms with Crippen LogP contribution in [0.4, 0.5) is 8.78 Å². The zero-order valence-corrected chi connectivity index (χ0v) is 18.3. The number of nitrogens with zero attached hydrogens (tertiary/aromatic N) is 2. The SMILES string of the molecule is CC(=O)N(C)/C=C\c1cccc(Cn2ccc(OCc3ccc(F)cc3F)c(Cl)c2=O)c1. The first-order valence-corrected chi connectivity index (χ1v) is 10.1. The van der Waals surface area contributed by atoms with Crippen molar-refractivity contribution >= 4 is 23.6 Å². The molecular formula is C24H21ClF2N2O3. The first-order chi connectivity index (χ1) is 15.2. The predicted octanol–water partition coefficient (Wildman–Crippen LogP) is 4.86. The van der Waals surface area contributed by atoms with Crippen molar-refractivity contribution in [3.05, 3.63) is 105 Å². The molecule has 32 heavy (non-hydrogen) atoms. The molecule has 0 bridgehead atoms. The Morgan fingerprint density at radius 2 is 1.97 bits per heavy atom. The van der Waals surface area contributed by atoms with Crippen molar-refractivity contribution in [2.45, 2.75) is 20.1 Å². The summed E-state index contributed by atoms with van der Waals surface area (Å²) >= 11 is 6.18. The van der Waals surface area contributed by atoms with Gasteiger partial charge in [0.15, 0.2) is 0 Å². The monoisotopic (exact) mass is 458 g/mol. The average molecular weight is 459 g/mol. The van der Waals surface area contributed by atoms with Crippen LogP contribution in [-0.2, 0) is 17.9 Å². The second kappa shape index (κ2) is 10.2. The highest BCUT2D eigenvalue weighted by Gasteiger charge is 2.12. The van der Waals surface area contributed by atoms with E-state index in [-0.39, 0.29) is 35.4 Å². The van der Waals surface area contributed by atoms with E-state index in [9.17, 15) is 18.4 Å². The van der Waals surface area contributed by atoms with E-state index < -0.39 is 17.2 Å². The molecule has 5 nitrogen and oxygen atoms in total. The molecule has 1 aromatic heterocycles. The maximum atomic E-state index is 13.8. The highest BCUT2D eigenvalue weighted by Crippen LogP contribution is 2.22. The molecule has 0 unspecified atom stereocenters. The smallest absolute Gasteiger partial charge is 0.273 e. The third-order valence-corrected chi connectivity index (χ3v) is 5.11. The highest BCUT2D eigenvalue weighted by atomic mass is 35.5. The Balaban J connectivity index is 1.73. The summed E-state index contributed by atoms with van der Waals surface area (Å²) in [4.78, 5) is 25.4. The van der Waals surface area contributed by atoms with Gasteiger partial charge in [-0.15, -0.1) is 0 Å². The Labute approximate surface area is 189 Å². The van der Waals surface area contributed by atoms with Crippen molar-refractivity contribution in [1.29, 1.82) is 0 Å². The Hall–Kier alpha value is -3.45. The minimum atomic E-state index is -0.738. The summed E-state index contributed by atoms with van der Waals surface area (Å²) in [6.07, 6.45) is 5.00. The van der Waals surface area contributed by atoms with E-state index in [1.807, 2.05) is 24.3 Å². The Morgan fingerprint density at radius 1 is 1.19 bits per heavy atom. The van der Waals surface area contributed by atoms with E-state index in [0.717, 1.165) is 23.3 Å². The Morgan fingerprint density at radius 3 is 2.69 bits per heavy atom. The molecule has 166 valence electrons. The van der Waals surface area contributed by atoms with Crippen LogP contribution in [0.25, 0.3) is 6.08 Å². The van der Waals surface area contributed by atoms with Gasteiger partial charge in [0.2, 0.25) is 5.91 Å². The standard InChI is InChI=1S/C24H21ClF2N2O3/c1-16(30)28(2)10-8-17-4-3-5-18(12-17)14-29-11-9-22(23(25)24(29)31)32-15-19-6-7-20(26)13-21(19)27/h3-13H,14-15H2,1-2H3/b10-8-. The number of carbonyl (C=O) groups excluding carboxylic acids is 1. The van der Waals surface area contributed by atoms with Crippen molar-refractivity contribution in [2.75, 3.05) is 7.05 Å². The van der Waals surface area contributed by atoms with Crippen LogP contribution in [0.15, 0.2) is 65.7 Å². The van der Waals surface area contributed by atoms with Gasteiger partial charge in [0.05, 0.1) is 6.54 Å². The first kappa shape index (κ1) is 23.2. The van der Waals surface area contributed by atoms with E-state index in [2.05, 4.69) is 0 Å². The van der Waals surface area contributed by atoms with E-state index >= 15 is 0 Å². The number of hydrogen-bond donors (Lipinski definition) is 0. The summed E-state index contributed by atoms with van der Waals surface area (Å²) in [5.41, 5.74) is 1.42. The molecule has 0 fully saturated rings. The lowest BCUT2D eigenvalue weighted by Gasteiger charge is -2.12. The van der Waals surface area contributed by atoms with E-state index in [1.165, 1.54) is 34.7 Å². The van der Waals surface area contributed by atoms with Crippen LogP contribution >= 0.6 is 11.6 Å². The van der Waals surface area contributed by atoms with Crippen LogP contribution in [0.2, 0.25) is 5.02 Å². The van der Waals surface area contributed by atoms with Crippen LogP contribution in [0.5, 0.6) is 5.75 Å². The average Bonchev–Trinajstić information content (AvgIpc) is 2.76. The maximum Gasteiger partial charge on any atom is 0.273 e. The van der Waals surface area contributed by atoms with E-state index in [4.69, 9.17) is 16.3 Å². The van der Waals surface area contributed by atoms with Crippen LogP contribution in [0, 0.1) is 11.6 Å². The summed E-state index contributed by atoms with van der Waals surface area (Å²) in [6.45, 7) is 1.55. The zero-order valence-electron chi connectivity index (χ0n) is 17.5. The summed E-state index contributed by atoms with van der Waals surface area (Å²) in [5.74, 6) is -1.39. The van der Waals surface area contributed by atoms with Crippen molar-refractivity contribution in [3.8, 4) is 5.75 Å². The van der Waals surface area contributed by atoms with Gasteiger partial charge in [0.1, 0.15) is 29.0 Å². The van der Waals surface area contributed by atoms with Crippen molar-refractivity contribution < 1.29 is 18.3 Å². The van der Waals surface area contributed by atoms with Gasteiger partial charge in [-0.25, -0.2) is 8.78 Å². The number of rotatable bonds is 7. The molecule has 1 amide bonds. The minimum absolute atomic E-state index is 0.0805. The van der Waals surface area contributed by atoms with Crippen LogP contribution in [0.3, 0.4) is 0 Å². The van der Waals surface area contributed by atoms with Crippen LogP contribution < -0.4 is 10.3 Å². The molecule has 0 aliphatic heterocycles. The fourth-order valence-electron chi connectivity index (χ4n) is 2.85. The minimum Gasteiger partial charge on any atom is -0.487 e. The molecule has 0 aliphatic carbocycles. The van der Waals surface area contributed by atoms with Gasteiger partial charge in [-0.3, -0.25) is 9.59 Å². The number of amides is 1. The predicted molar refractivity (Wildman–Crippen MR) is 119 cm³/mol. The van der Waals surface area contributed by atoms with Crippen LogP contribution in [-0.4, -0.2) is 22.4 Å². The number of aromatic nitrogens is 1. The van der Waals surface area contributed by atoms with Gasteiger partial charge in [-0.1, -0.05) is 29.8 Å². The third-order valence-electron chi connectivity index (χ3n) is 4.76. The molecule has 0 saturated carbocycles. The molecule has 2 aromatic carbocycles. The summed E-state index contributed by atoms with van der Waals surface area (Å²) < 4.78 is 33.7. The molecule has 8 heteroatoms.